The first-order chi connectivity index (χ1) is 13.3. The molecule has 29 heavy (non-hydrogen) atoms. The number of carbonyl (C=O) groups excluding carboxylic acids is 1. The second kappa shape index (κ2) is 6.46. The summed E-state index contributed by atoms with van der Waals surface area (Å²) in [5.41, 5.74) is 2.42. The third-order valence-corrected chi connectivity index (χ3v) is 13.6. The number of hydrogen-bond acceptors (Lipinski definition) is 3. The zero-order chi connectivity index (χ0) is 21.4. The molecule has 3 aliphatic carbocycles. The van der Waals surface area contributed by atoms with E-state index < -0.39 is 8.32 Å². The van der Waals surface area contributed by atoms with E-state index in [2.05, 4.69) is 59.1 Å². The molecule has 0 radical (unpaired) electrons. The lowest BCUT2D eigenvalue weighted by molar-refractivity contribution is -0.123. The van der Waals surface area contributed by atoms with E-state index >= 15 is 0 Å². The SMILES string of the molecule is CC(C)(C)[Si](C)(C)OC1=C2[C@@H](CC[C@]3(C)C(O)CC[C@@H]23)[C@@]2(C)CCC(=O)NC2=C1. The fourth-order valence-electron chi connectivity index (χ4n) is 6.08. The van der Waals surface area contributed by atoms with Crippen LogP contribution >= 0.6 is 0 Å². The summed E-state index contributed by atoms with van der Waals surface area (Å²) in [7, 11) is -2.03. The van der Waals surface area contributed by atoms with Gasteiger partial charge in [0, 0.05) is 22.9 Å². The van der Waals surface area contributed by atoms with Crippen LogP contribution in [0.2, 0.25) is 18.1 Å². The Morgan fingerprint density at radius 1 is 1.14 bits per heavy atom. The molecule has 0 aromatic carbocycles. The Labute approximate surface area is 177 Å². The second-order valence-corrected chi connectivity index (χ2v) is 16.7. The summed E-state index contributed by atoms with van der Waals surface area (Å²) < 4.78 is 6.94. The Kier molecular flexibility index (Phi) is 4.72. The van der Waals surface area contributed by atoms with Gasteiger partial charge in [-0.3, -0.25) is 4.79 Å². The average Bonchev–Trinajstić information content (AvgIpc) is 2.90. The number of fused-ring (bicyclic) bond motifs is 5. The molecule has 1 amide bonds. The average molecular weight is 418 g/mol. The summed E-state index contributed by atoms with van der Waals surface area (Å²) in [5.74, 6) is 1.91. The molecular weight excluding hydrogens is 378 g/mol. The third-order valence-electron chi connectivity index (χ3n) is 9.27. The van der Waals surface area contributed by atoms with Crippen molar-refractivity contribution in [3.8, 4) is 0 Å². The van der Waals surface area contributed by atoms with Gasteiger partial charge in [-0.1, -0.05) is 34.6 Å². The molecular formula is C24H39NO3Si. The first-order valence-corrected chi connectivity index (χ1v) is 14.3. The Bertz CT molecular complexity index is 792. The topological polar surface area (TPSA) is 58.6 Å². The maximum Gasteiger partial charge on any atom is 0.250 e. The minimum Gasteiger partial charge on any atom is -0.543 e. The highest BCUT2D eigenvalue weighted by atomic mass is 28.4. The van der Waals surface area contributed by atoms with Gasteiger partial charge in [0.25, 0.3) is 0 Å². The highest BCUT2D eigenvalue weighted by Crippen LogP contribution is 2.63. The van der Waals surface area contributed by atoms with Crippen LogP contribution in [0.5, 0.6) is 0 Å². The first kappa shape index (κ1) is 21.2. The first-order valence-electron chi connectivity index (χ1n) is 11.4. The summed E-state index contributed by atoms with van der Waals surface area (Å²) in [5, 5.41) is 14.1. The second-order valence-electron chi connectivity index (χ2n) is 11.9. The number of nitrogens with one attached hydrogen (secondary N) is 1. The highest BCUT2D eigenvalue weighted by molar-refractivity contribution is 6.74. The van der Waals surface area contributed by atoms with E-state index in [9.17, 15) is 9.90 Å². The van der Waals surface area contributed by atoms with Gasteiger partial charge in [-0.25, -0.2) is 0 Å². The summed E-state index contributed by atoms with van der Waals surface area (Å²) in [6.07, 6.45) is 7.48. The van der Waals surface area contributed by atoms with Crippen LogP contribution in [0, 0.1) is 22.7 Å². The molecule has 5 atom stereocenters. The molecule has 0 bridgehead atoms. The maximum absolute atomic E-state index is 12.2. The smallest absolute Gasteiger partial charge is 0.250 e. The van der Waals surface area contributed by atoms with Crippen molar-refractivity contribution in [2.24, 2.45) is 22.7 Å². The largest absolute Gasteiger partial charge is 0.543 e. The number of rotatable bonds is 2. The zero-order valence-electron chi connectivity index (χ0n) is 19.3. The van der Waals surface area contributed by atoms with Crippen LogP contribution in [0.1, 0.15) is 73.1 Å². The van der Waals surface area contributed by atoms with Crippen LogP contribution in [0.15, 0.2) is 23.1 Å². The Morgan fingerprint density at radius 2 is 1.83 bits per heavy atom. The lowest BCUT2D eigenvalue weighted by atomic mass is 9.53. The van der Waals surface area contributed by atoms with Gasteiger partial charge in [0.2, 0.25) is 14.2 Å². The molecule has 4 aliphatic rings. The van der Waals surface area contributed by atoms with Crippen molar-refractivity contribution in [3.05, 3.63) is 23.1 Å². The number of allylic oxidation sites excluding steroid dienone is 3. The molecule has 1 saturated heterocycles. The zero-order valence-corrected chi connectivity index (χ0v) is 20.3. The van der Waals surface area contributed by atoms with Crippen molar-refractivity contribution in [2.45, 2.75) is 97.4 Å². The summed E-state index contributed by atoms with van der Waals surface area (Å²) in [6, 6.07) is 0. The number of aliphatic hydroxyl groups is 1. The Morgan fingerprint density at radius 3 is 2.48 bits per heavy atom. The van der Waals surface area contributed by atoms with Gasteiger partial charge in [0.15, 0.2) is 0 Å². The lowest BCUT2D eigenvalue weighted by Crippen LogP contribution is -2.51. The van der Waals surface area contributed by atoms with Crippen LogP contribution in [0.4, 0.5) is 0 Å². The Hall–Kier alpha value is -1.07. The van der Waals surface area contributed by atoms with E-state index in [-0.39, 0.29) is 27.9 Å². The predicted molar refractivity (Wildman–Crippen MR) is 118 cm³/mol. The van der Waals surface area contributed by atoms with E-state index in [1.54, 1.807) is 0 Å². The van der Waals surface area contributed by atoms with Gasteiger partial charge in [0.05, 0.1) is 6.10 Å². The molecule has 2 N–H and O–H groups in total. The summed E-state index contributed by atoms with van der Waals surface area (Å²) >= 11 is 0. The van der Waals surface area contributed by atoms with Gasteiger partial charge in [0.1, 0.15) is 5.76 Å². The van der Waals surface area contributed by atoms with Crippen molar-refractivity contribution in [1.82, 2.24) is 5.32 Å². The molecule has 0 spiro atoms. The molecule has 2 saturated carbocycles. The van der Waals surface area contributed by atoms with E-state index in [1.165, 1.54) is 5.57 Å². The van der Waals surface area contributed by atoms with Crippen molar-refractivity contribution < 1.29 is 14.3 Å². The molecule has 1 unspecified atom stereocenters. The van der Waals surface area contributed by atoms with E-state index in [0.29, 0.717) is 18.3 Å². The number of amides is 1. The molecule has 4 nitrogen and oxygen atoms in total. The van der Waals surface area contributed by atoms with Crippen LogP contribution in [-0.4, -0.2) is 25.4 Å². The van der Waals surface area contributed by atoms with E-state index in [0.717, 1.165) is 43.6 Å². The standard InChI is InChI=1S/C24H39NO3Si/c1-22(2,3)29(6,7)28-17-14-18-23(4,13-11-20(27)25-18)16-10-12-24(5)15(21(16)17)8-9-19(24)26/h14-16,19,26H,8-13H2,1-7H3,(H,25,27)/t15-,16+,19?,23+,24-/m0/s1. The van der Waals surface area contributed by atoms with Crippen molar-refractivity contribution in [2.75, 3.05) is 0 Å². The third kappa shape index (κ3) is 3.06. The Balaban J connectivity index is 1.86. The lowest BCUT2D eigenvalue weighted by Gasteiger charge is -2.54. The molecule has 162 valence electrons. The minimum atomic E-state index is -2.03. The van der Waals surface area contributed by atoms with Crippen LogP contribution in [-0.2, 0) is 9.22 Å². The maximum atomic E-state index is 12.2. The number of piperidine rings is 1. The minimum absolute atomic E-state index is 0.0294. The molecule has 5 heteroatoms. The monoisotopic (exact) mass is 417 g/mol. The predicted octanol–water partition coefficient (Wildman–Crippen LogP) is 5.26. The molecule has 1 heterocycles. The number of hydrogen-bond donors (Lipinski definition) is 2. The quantitative estimate of drug-likeness (QED) is 0.602. The van der Waals surface area contributed by atoms with Gasteiger partial charge in [-0.05, 0) is 73.7 Å². The van der Waals surface area contributed by atoms with Crippen LogP contribution in [0.3, 0.4) is 0 Å². The van der Waals surface area contributed by atoms with E-state index in [4.69, 9.17) is 4.43 Å². The van der Waals surface area contributed by atoms with E-state index in [1.807, 2.05) is 0 Å². The van der Waals surface area contributed by atoms with Gasteiger partial charge >= 0.3 is 0 Å². The summed E-state index contributed by atoms with van der Waals surface area (Å²) in [4.78, 5) is 12.2. The van der Waals surface area contributed by atoms with Crippen molar-refractivity contribution >= 4 is 14.2 Å². The summed E-state index contributed by atoms with van der Waals surface area (Å²) in [6.45, 7) is 16.0. The normalized spacial score (nSPS) is 39.9. The van der Waals surface area contributed by atoms with Gasteiger partial charge in [-0.15, -0.1) is 0 Å². The number of carbonyl (C=O) groups is 1. The van der Waals surface area contributed by atoms with Crippen molar-refractivity contribution in [3.63, 3.8) is 0 Å². The highest BCUT2D eigenvalue weighted by Gasteiger charge is 2.58. The molecule has 0 aromatic heterocycles. The van der Waals surface area contributed by atoms with Crippen LogP contribution in [0.25, 0.3) is 0 Å². The molecule has 4 rings (SSSR count). The fraction of sp³-hybridized carbons (Fsp3) is 0.792. The fourth-order valence-corrected chi connectivity index (χ4v) is 7.12. The van der Waals surface area contributed by atoms with Gasteiger partial charge in [-0.2, -0.15) is 0 Å². The molecule has 1 aliphatic heterocycles. The van der Waals surface area contributed by atoms with Gasteiger partial charge < -0.3 is 14.8 Å². The van der Waals surface area contributed by atoms with Crippen molar-refractivity contribution in [1.29, 1.82) is 0 Å². The van der Waals surface area contributed by atoms with Crippen LogP contribution < -0.4 is 5.32 Å². The molecule has 0 aromatic rings. The number of aliphatic hydroxyl groups excluding tert-OH is 1. The molecule has 3 fully saturated rings.